The van der Waals surface area contributed by atoms with E-state index >= 15 is 0 Å². The summed E-state index contributed by atoms with van der Waals surface area (Å²) >= 11 is 0. The first-order valence-corrected chi connectivity index (χ1v) is 5.22. The lowest BCUT2D eigenvalue weighted by atomic mass is 10.2. The highest BCUT2D eigenvalue weighted by molar-refractivity contribution is 5.87. The van der Waals surface area contributed by atoms with Gasteiger partial charge < -0.3 is 30.4 Å². The molecule has 1 unspecified atom stereocenters. The zero-order chi connectivity index (χ0) is 14.2. The van der Waals surface area contributed by atoms with E-state index in [-0.39, 0.29) is 0 Å². The van der Waals surface area contributed by atoms with Gasteiger partial charge in [-0.25, -0.2) is 0 Å². The molecule has 2 aliphatic heterocycles. The highest BCUT2D eigenvalue weighted by Gasteiger charge is 2.55. The molecule has 0 aromatic carbocycles. The van der Waals surface area contributed by atoms with Crippen molar-refractivity contribution in [2.24, 2.45) is 11.5 Å². The van der Waals surface area contributed by atoms with Crippen LogP contribution in [0.1, 0.15) is 12.8 Å². The van der Waals surface area contributed by atoms with Crippen molar-refractivity contribution >= 4 is 23.9 Å². The summed E-state index contributed by atoms with van der Waals surface area (Å²) in [6, 6.07) is -2.64. The first-order valence-electron chi connectivity index (χ1n) is 5.22. The SMILES string of the molecule is N[C@@H]1CC(=O)OC2(OC(=O)C[C@H](N)C(=O)O2)OC1=O. The summed E-state index contributed by atoms with van der Waals surface area (Å²) in [6.07, 6.45) is -3.91. The molecule has 3 atom stereocenters. The zero-order valence-corrected chi connectivity index (χ0v) is 9.49. The molecule has 2 saturated heterocycles. The monoisotopic (exact) mass is 274 g/mol. The van der Waals surface area contributed by atoms with Crippen LogP contribution in [0.3, 0.4) is 0 Å². The van der Waals surface area contributed by atoms with Crippen LogP contribution in [-0.2, 0) is 38.1 Å². The van der Waals surface area contributed by atoms with E-state index in [4.69, 9.17) is 11.5 Å². The van der Waals surface area contributed by atoms with Crippen LogP contribution in [0.2, 0.25) is 0 Å². The van der Waals surface area contributed by atoms with E-state index in [0.717, 1.165) is 0 Å². The molecule has 0 aliphatic carbocycles. The second-order valence-corrected chi connectivity index (χ2v) is 3.91. The summed E-state index contributed by atoms with van der Waals surface area (Å²) in [6.45, 7) is 0. The third-order valence-electron chi connectivity index (χ3n) is 2.31. The van der Waals surface area contributed by atoms with Gasteiger partial charge in [0.25, 0.3) is 0 Å². The van der Waals surface area contributed by atoms with Gasteiger partial charge in [-0.15, -0.1) is 0 Å². The van der Waals surface area contributed by atoms with E-state index in [9.17, 15) is 19.2 Å². The van der Waals surface area contributed by atoms with Crippen LogP contribution >= 0.6 is 0 Å². The minimum Gasteiger partial charge on any atom is -0.352 e. The van der Waals surface area contributed by atoms with Gasteiger partial charge in [0.05, 0.1) is 12.8 Å². The van der Waals surface area contributed by atoms with E-state index in [1.54, 1.807) is 0 Å². The highest BCUT2D eigenvalue weighted by atomic mass is 17.0. The molecule has 2 fully saturated rings. The smallest absolute Gasteiger partial charge is 0.352 e. The molecule has 104 valence electrons. The number of esters is 4. The maximum atomic E-state index is 11.4. The van der Waals surface area contributed by atoms with Gasteiger partial charge in [0, 0.05) is 0 Å². The predicted molar refractivity (Wildman–Crippen MR) is 52.3 cm³/mol. The molecule has 1 spiro atoms. The van der Waals surface area contributed by atoms with Crippen LogP contribution in [-0.4, -0.2) is 42.1 Å². The average molecular weight is 274 g/mol. The maximum Gasteiger partial charge on any atom is 0.619 e. The average Bonchev–Trinajstić information content (AvgIpc) is 2.41. The Kier molecular flexibility index (Phi) is 3.12. The second kappa shape index (κ2) is 4.48. The molecule has 0 bridgehead atoms. The van der Waals surface area contributed by atoms with Crippen molar-refractivity contribution in [1.29, 1.82) is 0 Å². The second-order valence-electron chi connectivity index (χ2n) is 3.91. The maximum absolute atomic E-state index is 11.4. The van der Waals surface area contributed by atoms with E-state index in [2.05, 4.69) is 18.9 Å². The quantitative estimate of drug-likeness (QED) is 0.443. The summed E-state index contributed by atoms with van der Waals surface area (Å²) in [7, 11) is 0. The molecular formula is C9H10N2O8. The minimum absolute atomic E-state index is 0.512. The Balaban J connectivity index is 2.33. The van der Waals surface area contributed by atoms with E-state index < -0.39 is 55.0 Å². The molecule has 10 heteroatoms. The van der Waals surface area contributed by atoms with Gasteiger partial charge in [-0.2, -0.15) is 0 Å². The summed E-state index contributed by atoms with van der Waals surface area (Å²) < 4.78 is 18.2. The number of hydrogen-bond acceptors (Lipinski definition) is 10. The third kappa shape index (κ3) is 2.63. The number of carbonyl (C=O) groups is 4. The molecule has 0 aromatic heterocycles. The molecule has 2 heterocycles. The molecule has 0 saturated carbocycles. The van der Waals surface area contributed by atoms with Crippen molar-refractivity contribution < 1.29 is 38.1 Å². The van der Waals surface area contributed by atoms with E-state index in [1.165, 1.54) is 0 Å². The van der Waals surface area contributed by atoms with Crippen LogP contribution in [0, 0.1) is 0 Å². The molecule has 2 rings (SSSR count). The highest BCUT2D eigenvalue weighted by Crippen LogP contribution is 2.26. The van der Waals surface area contributed by atoms with Crippen LogP contribution in [0.25, 0.3) is 0 Å². The van der Waals surface area contributed by atoms with Crippen molar-refractivity contribution in [2.75, 3.05) is 0 Å². The van der Waals surface area contributed by atoms with Gasteiger partial charge in [-0.1, -0.05) is 0 Å². The van der Waals surface area contributed by atoms with Crippen LogP contribution in [0.4, 0.5) is 0 Å². The normalized spacial score (nSPS) is 35.7. The number of nitrogens with two attached hydrogens (primary N) is 2. The van der Waals surface area contributed by atoms with Crippen molar-refractivity contribution in [3.05, 3.63) is 0 Å². The Morgan fingerprint density at radius 1 is 0.789 bits per heavy atom. The lowest BCUT2D eigenvalue weighted by molar-refractivity contribution is -0.427. The van der Waals surface area contributed by atoms with Gasteiger partial charge in [0.1, 0.15) is 12.1 Å². The van der Waals surface area contributed by atoms with Gasteiger partial charge in [-0.05, 0) is 0 Å². The summed E-state index contributed by atoms with van der Waals surface area (Å²) in [5.74, 6) is -4.31. The van der Waals surface area contributed by atoms with Crippen molar-refractivity contribution in [3.8, 4) is 0 Å². The predicted octanol–water partition coefficient (Wildman–Crippen LogP) is -2.77. The first kappa shape index (κ1) is 13.2. The molecule has 4 N–H and O–H groups in total. The number of rotatable bonds is 0. The van der Waals surface area contributed by atoms with Crippen molar-refractivity contribution in [2.45, 2.75) is 31.1 Å². The molecular weight excluding hydrogens is 264 g/mol. The Bertz CT molecular complexity index is 419. The first-order chi connectivity index (χ1) is 8.81. The molecule has 0 radical (unpaired) electrons. The number of ether oxygens (including phenoxy) is 4. The topological polar surface area (TPSA) is 157 Å². The summed E-state index contributed by atoms with van der Waals surface area (Å²) in [5.41, 5.74) is 10.6. The standard InChI is InChI=1S/C9H10N2O8/c10-3-1-5(12)16-9(18-7(3)14)17-6(13)2-4(11)8(15)19-9/h3-4H,1-2,10-11H2/t3-,4+,9?. The Morgan fingerprint density at radius 3 is 1.53 bits per heavy atom. The van der Waals surface area contributed by atoms with Gasteiger partial charge in [-0.3, -0.25) is 19.2 Å². The largest absolute Gasteiger partial charge is 0.619 e. The van der Waals surface area contributed by atoms with Crippen LogP contribution in [0.15, 0.2) is 0 Å². The van der Waals surface area contributed by atoms with Gasteiger partial charge >= 0.3 is 30.0 Å². The van der Waals surface area contributed by atoms with Crippen LogP contribution < -0.4 is 11.5 Å². The number of carbonyl (C=O) groups excluding carboxylic acids is 4. The molecule has 0 aromatic rings. The fourth-order valence-electron chi connectivity index (χ4n) is 1.41. The van der Waals surface area contributed by atoms with E-state index in [0.29, 0.717) is 0 Å². The van der Waals surface area contributed by atoms with Gasteiger partial charge in [0.15, 0.2) is 0 Å². The summed E-state index contributed by atoms with van der Waals surface area (Å²) in [4.78, 5) is 45.6. The summed E-state index contributed by atoms with van der Waals surface area (Å²) in [5, 5.41) is 0. The molecule has 19 heavy (non-hydrogen) atoms. The lowest BCUT2D eigenvalue weighted by Gasteiger charge is -2.25. The molecule has 10 nitrogen and oxygen atoms in total. The minimum atomic E-state index is -2.88. The van der Waals surface area contributed by atoms with Crippen LogP contribution in [0.5, 0.6) is 0 Å². The fraction of sp³-hybridized carbons (Fsp3) is 0.556. The zero-order valence-electron chi connectivity index (χ0n) is 9.49. The van der Waals surface area contributed by atoms with Gasteiger partial charge in [0.2, 0.25) is 0 Å². The Labute approximate surface area is 105 Å². The molecule has 0 amide bonds. The molecule has 2 aliphatic rings. The van der Waals surface area contributed by atoms with Crippen molar-refractivity contribution in [1.82, 2.24) is 0 Å². The van der Waals surface area contributed by atoms with E-state index in [1.807, 2.05) is 0 Å². The lowest BCUT2D eigenvalue weighted by Crippen LogP contribution is -2.47. The fourth-order valence-corrected chi connectivity index (χ4v) is 1.41. The van der Waals surface area contributed by atoms with Crippen molar-refractivity contribution in [3.63, 3.8) is 0 Å². The Morgan fingerprint density at radius 2 is 1.16 bits per heavy atom. The number of hydrogen-bond donors (Lipinski definition) is 2. The Hall–Kier alpha value is -2.20. The third-order valence-corrected chi connectivity index (χ3v) is 2.31.